The first-order valence-corrected chi connectivity index (χ1v) is 8.72. The van der Waals surface area contributed by atoms with E-state index in [2.05, 4.69) is 10.6 Å². The highest BCUT2D eigenvalue weighted by molar-refractivity contribution is 5.96. The maximum absolute atomic E-state index is 12.1. The van der Waals surface area contributed by atoms with Crippen molar-refractivity contribution >= 4 is 17.8 Å². The third-order valence-corrected chi connectivity index (χ3v) is 4.02. The maximum atomic E-state index is 12.1. The fourth-order valence-corrected chi connectivity index (χ4v) is 2.51. The third-order valence-electron chi connectivity index (χ3n) is 4.02. The van der Waals surface area contributed by atoms with Crippen molar-refractivity contribution in [1.82, 2.24) is 10.6 Å². The fourth-order valence-electron chi connectivity index (χ4n) is 2.51. The van der Waals surface area contributed by atoms with Gasteiger partial charge in [-0.15, -0.1) is 0 Å². The summed E-state index contributed by atoms with van der Waals surface area (Å²) < 4.78 is 15.4. The van der Waals surface area contributed by atoms with Crippen molar-refractivity contribution in [3.05, 3.63) is 59.7 Å². The monoisotopic (exact) mass is 384 g/mol. The SMILES string of the molecule is C[C@H](OC(=O)CNC(=O)c1ccc2c(c1)OCO2)C(=O)NCc1ccccc1. The van der Waals surface area contributed by atoms with Crippen molar-refractivity contribution in [2.75, 3.05) is 13.3 Å². The Balaban J connectivity index is 1.42. The van der Waals surface area contributed by atoms with Crippen LogP contribution in [0.2, 0.25) is 0 Å². The van der Waals surface area contributed by atoms with E-state index >= 15 is 0 Å². The van der Waals surface area contributed by atoms with E-state index in [1.165, 1.54) is 13.0 Å². The van der Waals surface area contributed by atoms with E-state index in [-0.39, 0.29) is 13.3 Å². The van der Waals surface area contributed by atoms with Crippen LogP contribution < -0.4 is 20.1 Å². The summed E-state index contributed by atoms with van der Waals surface area (Å²) in [4.78, 5) is 36.0. The summed E-state index contributed by atoms with van der Waals surface area (Å²) >= 11 is 0. The van der Waals surface area contributed by atoms with Gasteiger partial charge in [0.15, 0.2) is 17.6 Å². The van der Waals surface area contributed by atoms with Gasteiger partial charge in [0.1, 0.15) is 6.54 Å². The van der Waals surface area contributed by atoms with E-state index in [1.807, 2.05) is 30.3 Å². The van der Waals surface area contributed by atoms with Crippen LogP contribution in [-0.4, -0.2) is 37.2 Å². The molecule has 0 fully saturated rings. The highest BCUT2D eigenvalue weighted by atomic mass is 16.7. The predicted octanol–water partition coefficient (Wildman–Crippen LogP) is 1.39. The Labute approximate surface area is 161 Å². The first kappa shape index (κ1) is 19.2. The van der Waals surface area contributed by atoms with Gasteiger partial charge in [-0.1, -0.05) is 30.3 Å². The topological polar surface area (TPSA) is 103 Å². The van der Waals surface area contributed by atoms with Gasteiger partial charge in [0.05, 0.1) is 0 Å². The molecule has 0 aliphatic carbocycles. The van der Waals surface area contributed by atoms with Crippen molar-refractivity contribution in [3.63, 3.8) is 0 Å². The summed E-state index contributed by atoms with van der Waals surface area (Å²) in [6.07, 6.45) is -0.973. The minimum atomic E-state index is -0.973. The Morgan fingerprint density at radius 2 is 1.79 bits per heavy atom. The zero-order valence-electron chi connectivity index (χ0n) is 15.3. The van der Waals surface area contributed by atoms with E-state index < -0.39 is 23.9 Å². The lowest BCUT2D eigenvalue weighted by atomic mass is 10.2. The lowest BCUT2D eigenvalue weighted by Gasteiger charge is -2.14. The van der Waals surface area contributed by atoms with Crippen molar-refractivity contribution in [1.29, 1.82) is 0 Å². The van der Waals surface area contributed by atoms with Gasteiger partial charge in [-0.2, -0.15) is 0 Å². The molecule has 0 saturated heterocycles. The quantitative estimate of drug-likeness (QED) is 0.700. The number of hydrogen-bond acceptors (Lipinski definition) is 6. The van der Waals surface area contributed by atoms with Crippen LogP contribution >= 0.6 is 0 Å². The van der Waals surface area contributed by atoms with Crippen LogP contribution in [0.25, 0.3) is 0 Å². The summed E-state index contributed by atoms with van der Waals surface area (Å²) in [5, 5.41) is 5.14. The van der Waals surface area contributed by atoms with E-state index in [1.54, 1.807) is 12.1 Å². The molecule has 1 heterocycles. The number of ether oxygens (including phenoxy) is 3. The molecule has 3 rings (SSSR count). The standard InChI is InChI=1S/C20H20N2O6/c1-13(19(24)21-10-14-5-3-2-4-6-14)28-18(23)11-22-20(25)15-7-8-16-17(9-15)27-12-26-16/h2-9,13H,10-12H2,1H3,(H,21,24)(H,22,25)/t13-/m0/s1. The lowest BCUT2D eigenvalue weighted by Crippen LogP contribution is -2.38. The number of esters is 1. The van der Waals surface area contributed by atoms with Crippen molar-refractivity contribution in [2.24, 2.45) is 0 Å². The number of amides is 2. The maximum Gasteiger partial charge on any atom is 0.326 e. The Kier molecular flexibility index (Phi) is 6.11. The Morgan fingerprint density at radius 1 is 1.04 bits per heavy atom. The van der Waals surface area contributed by atoms with Gasteiger partial charge in [0.25, 0.3) is 11.8 Å². The molecule has 1 aliphatic rings. The molecule has 0 unspecified atom stereocenters. The molecule has 0 bridgehead atoms. The predicted molar refractivity (Wildman–Crippen MR) is 98.7 cm³/mol. The van der Waals surface area contributed by atoms with Crippen LogP contribution in [0.3, 0.4) is 0 Å². The number of nitrogens with one attached hydrogen (secondary N) is 2. The molecule has 146 valence electrons. The molecule has 2 N–H and O–H groups in total. The molecule has 2 aromatic rings. The molecule has 8 heteroatoms. The van der Waals surface area contributed by atoms with Crippen molar-refractivity contribution in [3.8, 4) is 11.5 Å². The van der Waals surface area contributed by atoms with Gasteiger partial charge in [0, 0.05) is 12.1 Å². The third kappa shape index (κ3) is 5.00. The van der Waals surface area contributed by atoms with Gasteiger partial charge in [0.2, 0.25) is 6.79 Å². The molecule has 0 spiro atoms. The second kappa shape index (κ2) is 8.90. The van der Waals surface area contributed by atoms with Gasteiger partial charge in [-0.05, 0) is 30.7 Å². The molecular formula is C20H20N2O6. The normalized spacial score (nSPS) is 12.8. The van der Waals surface area contributed by atoms with Crippen LogP contribution in [-0.2, 0) is 20.9 Å². The molecular weight excluding hydrogens is 364 g/mol. The van der Waals surface area contributed by atoms with E-state index in [0.29, 0.717) is 23.6 Å². The average Bonchev–Trinajstić information content (AvgIpc) is 3.18. The van der Waals surface area contributed by atoms with E-state index in [4.69, 9.17) is 14.2 Å². The number of carbonyl (C=O) groups excluding carboxylic acids is 3. The molecule has 1 aliphatic heterocycles. The number of hydrogen-bond donors (Lipinski definition) is 2. The van der Waals surface area contributed by atoms with Crippen LogP contribution in [0.5, 0.6) is 11.5 Å². The van der Waals surface area contributed by atoms with Crippen LogP contribution in [0.1, 0.15) is 22.8 Å². The number of benzene rings is 2. The summed E-state index contributed by atoms with van der Waals surface area (Å²) in [7, 11) is 0. The van der Waals surface area contributed by atoms with Crippen molar-refractivity contribution < 1.29 is 28.6 Å². The number of carbonyl (C=O) groups is 3. The highest BCUT2D eigenvalue weighted by Gasteiger charge is 2.19. The summed E-state index contributed by atoms with van der Waals surface area (Å²) in [5.41, 5.74) is 1.26. The Morgan fingerprint density at radius 3 is 2.57 bits per heavy atom. The summed E-state index contributed by atoms with van der Waals surface area (Å²) in [6.45, 7) is 1.56. The van der Waals surface area contributed by atoms with Gasteiger partial charge in [-0.25, -0.2) is 0 Å². The summed E-state index contributed by atoms with van der Waals surface area (Å²) in [6, 6.07) is 14.1. The Bertz CT molecular complexity index is 868. The molecule has 2 aromatic carbocycles. The zero-order valence-corrected chi connectivity index (χ0v) is 15.3. The number of rotatable bonds is 7. The minimum absolute atomic E-state index is 0.108. The second-order valence-corrected chi connectivity index (χ2v) is 6.09. The molecule has 8 nitrogen and oxygen atoms in total. The molecule has 2 amide bonds. The van der Waals surface area contributed by atoms with Crippen molar-refractivity contribution in [2.45, 2.75) is 19.6 Å². The summed E-state index contributed by atoms with van der Waals surface area (Å²) in [5.74, 6) is -0.558. The molecule has 28 heavy (non-hydrogen) atoms. The first-order valence-electron chi connectivity index (χ1n) is 8.72. The molecule has 0 radical (unpaired) electrons. The minimum Gasteiger partial charge on any atom is -0.454 e. The Hall–Kier alpha value is -3.55. The molecule has 1 atom stereocenters. The van der Waals surface area contributed by atoms with E-state index in [0.717, 1.165) is 5.56 Å². The smallest absolute Gasteiger partial charge is 0.326 e. The molecule has 0 aromatic heterocycles. The van der Waals surface area contributed by atoms with Gasteiger partial charge < -0.3 is 24.8 Å². The average molecular weight is 384 g/mol. The van der Waals surface area contributed by atoms with Gasteiger partial charge in [-0.3, -0.25) is 14.4 Å². The van der Waals surface area contributed by atoms with E-state index in [9.17, 15) is 14.4 Å². The fraction of sp³-hybridized carbons (Fsp3) is 0.250. The lowest BCUT2D eigenvalue weighted by molar-refractivity contribution is -0.153. The highest BCUT2D eigenvalue weighted by Crippen LogP contribution is 2.32. The van der Waals surface area contributed by atoms with Gasteiger partial charge >= 0.3 is 5.97 Å². The van der Waals surface area contributed by atoms with Crippen LogP contribution in [0.15, 0.2) is 48.5 Å². The second-order valence-electron chi connectivity index (χ2n) is 6.09. The van der Waals surface area contributed by atoms with Crippen LogP contribution in [0.4, 0.5) is 0 Å². The van der Waals surface area contributed by atoms with Crippen LogP contribution in [0, 0.1) is 0 Å². The molecule has 0 saturated carbocycles. The first-order chi connectivity index (χ1) is 13.5. The zero-order chi connectivity index (χ0) is 19.9. The largest absolute Gasteiger partial charge is 0.454 e. The number of fused-ring (bicyclic) bond motifs is 1.